The van der Waals surface area contributed by atoms with Gasteiger partial charge in [0.05, 0.1) is 6.10 Å². The highest BCUT2D eigenvalue weighted by atomic mass is 16.3. The van der Waals surface area contributed by atoms with E-state index in [9.17, 15) is 5.11 Å². The number of aliphatic hydroxyl groups is 1. The van der Waals surface area contributed by atoms with Crippen LogP contribution in [-0.4, -0.2) is 11.2 Å². The number of hydrogen-bond acceptors (Lipinski definition) is 1. The third kappa shape index (κ3) is 5.36. The maximum atomic E-state index is 9.63. The summed E-state index contributed by atoms with van der Waals surface area (Å²) in [6.07, 6.45) is 7.23. The van der Waals surface area contributed by atoms with E-state index in [2.05, 4.69) is 20.4 Å². The van der Waals surface area contributed by atoms with Gasteiger partial charge in [0, 0.05) is 0 Å². The Kier molecular flexibility index (Phi) is 7.17. The molecule has 0 saturated carbocycles. The Morgan fingerprint density at radius 1 is 1.42 bits per heavy atom. The Morgan fingerprint density at radius 3 is 2.58 bits per heavy atom. The van der Waals surface area contributed by atoms with Crippen molar-refractivity contribution in [2.75, 3.05) is 0 Å². The van der Waals surface area contributed by atoms with Crippen LogP contribution in [0.1, 0.15) is 46.0 Å². The van der Waals surface area contributed by atoms with E-state index < -0.39 is 0 Å². The van der Waals surface area contributed by atoms with Crippen molar-refractivity contribution in [2.24, 2.45) is 5.92 Å². The number of allylic oxidation sites excluding steroid dienone is 1. The van der Waals surface area contributed by atoms with Crippen LogP contribution in [0.25, 0.3) is 0 Å². The van der Waals surface area contributed by atoms with Gasteiger partial charge in [-0.2, -0.15) is 0 Å². The molecule has 0 rings (SSSR count). The molecule has 0 aromatic carbocycles. The second-order valence-corrected chi connectivity index (χ2v) is 3.56. The zero-order chi connectivity index (χ0) is 9.40. The Labute approximate surface area is 76.5 Å². The van der Waals surface area contributed by atoms with E-state index in [-0.39, 0.29) is 6.10 Å². The lowest BCUT2D eigenvalue weighted by atomic mass is 9.96. The monoisotopic (exact) mass is 170 g/mol. The average Bonchev–Trinajstić information content (AvgIpc) is 2.05. The molecule has 0 fully saturated rings. The van der Waals surface area contributed by atoms with Crippen molar-refractivity contribution in [1.29, 1.82) is 0 Å². The third-order valence-electron chi connectivity index (χ3n) is 2.30. The lowest BCUT2D eigenvalue weighted by Crippen LogP contribution is -2.16. The molecule has 0 aromatic rings. The summed E-state index contributed by atoms with van der Waals surface area (Å²) in [6.45, 7) is 7.93. The molecule has 12 heavy (non-hydrogen) atoms. The van der Waals surface area contributed by atoms with Gasteiger partial charge in [0.15, 0.2) is 0 Å². The highest BCUT2D eigenvalue weighted by Crippen LogP contribution is 2.14. The molecule has 1 N–H and O–H groups in total. The zero-order valence-electron chi connectivity index (χ0n) is 8.42. The predicted molar refractivity (Wildman–Crippen MR) is 54.1 cm³/mol. The minimum absolute atomic E-state index is 0.130. The van der Waals surface area contributed by atoms with Crippen LogP contribution in [0.4, 0.5) is 0 Å². The van der Waals surface area contributed by atoms with Gasteiger partial charge in [-0.25, -0.2) is 0 Å². The van der Waals surface area contributed by atoms with Crippen molar-refractivity contribution in [3.05, 3.63) is 12.7 Å². The molecule has 0 radical (unpaired) electrons. The Balaban J connectivity index is 3.41. The molecule has 1 nitrogen and oxygen atoms in total. The molecule has 0 heterocycles. The summed E-state index contributed by atoms with van der Waals surface area (Å²) in [6, 6.07) is 0. The van der Waals surface area contributed by atoms with E-state index in [0.29, 0.717) is 5.92 Å². The van der Waals surface area contributed by atoms with Gasteiger partial charge in [0.25, 0.3) is 0 Å². The van der Waals surface area contributed by atoms with Crippen molar-refractivity contribution in [1.82, 2.24) is 0 Å². The van der Waals surface area contributed by atoms with Crippen LogP contribution >= 0.6 is 0 Å². The first-order valence-corrected chi connectivity index (χ1v) is 5.01. The lowest BCUT2D eigenvalue weighted by Gasteiger charge is -2.16. The molecule has 0 aromatic heterocycles. The molecule has 0 aliphatic rings. The van der Waals surface area contributed by atoms with Crippen LogP contribution in [0.2, 0.25) is 0 Å². The summed E-state index contributed by atoms with van der Waals surface area (Å²) in [5, 5.41) is 9.63. The van der Waals surface area contributed by atoms with Crippen molar-refractivity contribution < 1.29 is 5.11 Å². The minimum Gasteiger partial charge on any atom is -0.393 e. The van der Waals surface area contributed by atoms with Gasteiger partial charge in [-0.15, -0.1) is 6.58 Å². The first-order valence-electron chi connectivity index (χ1n) is 5.01. The number of hydrogen-bond donors (Lipinski definition) is 1. The van der Waals surface area contributed by atoms with Crippen molar-refractivity contribution >= 4 is 0 Å². The van der Waals surface area contributed by atoms with Crippen LogP contribution in [0, 0.1) is 5.92 Å². The number of aliphatic hydroxyl groups excluding tert-OH is 1. The van der Waals surface area contributed by atoms with Crippen molar-refractivity contribution in [2.45, 2.75) is 52.1 Å². The lowest BCUT2D eigenvalue weighted by molar-refractivity contribution is 0.106. The standard InChI is InChI=1S/C11H22O/c1-4-6-7-9-11(12)10(3)8-5-2/h5,10-12H,2,4,6-9H2,1,3H3/t10-,11+/m0/s1. The topological polar surface area (TPSA) is 20.2 Å². The molecule has 0 bridgehead atoms. The van der Waals surface area contributed by atoms with Crippen LogP contribution in [0.5, 0.6) is 0 Å². The van der Waals surface area contributed by atoms with Gasteiger partial charge in [0.1, 0.15) is 0 Å². The fraction of sp³-hybridized carbons (Fsp3) is 0.818. The third-order valence-corrected chi connectivity index (χ3v) is 2.30. The van der Waals surface area contributed by atoms with Crippen LogP contribution < -0.4 is 0 Å². The van der Waals surface area contributed by atoms with Crippen molar-refractivity contribution in [3.8, 4) is 0 Å². The van der Waals surface area contributed by atoms with Gasteiger partial charge < -0.3 is 5.11 Å². The summed E-state index contributed by atoms with van der Waals surface area (Å²) in [4.78, 5) is 0. The van der Waals surface area contributed by atoms with Crippen LogP contribution in [0.15, 0.2) is 12.7 Å². The Bertz CT molecular complexity index is 110. The second kappa shape index (κ2) is 7.35. The van der Waals surface area contributed by atoms with E-state index in [0.717, 1.165) is 19.3 Å². The summed E-state index contributed by atoms with van der Waals surface area (Å²) in [5.41, 5.74) is 0. The summed E-state index contributed by atoms with van der Waals surface area (Å²) in [7, 11) is 0. The fourth-order valence-corrected chi connectivity index (χ4v) is 1.31. The molecule has 1 heteroatoms. The molecule has 0 amide bonds. The summed E-state index contributed by atoms with van der Waals surface area (Å²) >= 11 is 0. The molecule has 2 atom stereocenters. The molecule has 0 spiro atoms. The van der Waals surface area contributed by atoms with Gasteiger partial charge >= 0.3 is 0 Å². The molecular weight excluding hydrogens is 148 g/mol. The first-order chi connectivity index (χ1) is 5.72. The van der Waals surface area contributed by atoms with E-state index >= 15 is 0 Å². The zero-order valence-corrected chi connectivity index (χ0v) is 8.42. The first kappa shape index (κ1) is 11.7. The van der Waals surface area contributed by atoms with Gasteiger partial charge in [0.2, 0.25) is 0 Å². The van der Waals surface area contributed by atoms with Gasteiger partial charge in [-0.1, -0.05) is 39.2 Å². The number of rotatable bonds is 7. The van der Waals surface area contributed by atoms with E-state index in [1.807, 2.05) is 6.08 Å². The molecular formula is C11H22O. The van der Waals surface area contributed by atoms with Crippen LogP contribution in [-0.2, 0) is 0 Å². The van der Waals surface area contributed by atoms with E-state index in [1.165, 1.54) is 12.8 Å². The molecule has 72 valence electrons. The molecule has 0 aliphatic heterocycles. The smallest absolute Gasteiger partial charge is 0.0568 e. The maximum Gasteiger partial charge on any atom is 0.0568 e. The largest absolute Gasteiger partial charge is 0.393 e. The Hall–Kier alpha value is -0.300. The fourth-order valence-electron chi connectivity index (χ4n) is 1.31. The summed E-state index contributed by atoms with van der Waals surface area (Å²) < 4.78 is 0. The molecule has 0 aliphatic carbocycles. The van der Waals surface area contributed by atoms with E-state index in [1.54, 1.807) is 0 Å². The normalized spacial score (nSPS) is 15.6. The molecule has 0 unspecified atom stereocenters. The average molecular weight is 170 g/mol. The highest BCUT2D eigenvalue weighted by molar-refractivity contribution is 4.75. The number of unbranched alkanes of at least 4 members (excludes halogenated alkanes) is 2. The molecule has 0 saturated heterocycles. The van der Waals surface area contributed by atoms with E-state index in [4.69, 9.17) is 0 Å². The van der Waals surface area contributed by atoms with Gasteiger partial charge in [-0.05, 0) is 18.8 Å². The second-order valence-electron chi connectivity index (χ2n) is 3.56. The SMILES string of the molecule is C=CC[C@H](C)[C@H](O)CCCCC. The Morgan fingerprint density at radius 2 is 2.08 bits per heavy atom. The van der Waals surface area contributed by atoms with Crippen LogP contribution in [0.3, 0.4) is 0 Å². The summed E-state index contributed by atoms with van der Waals surface area (Å²) in [5.74, 6) is 0.374. The predicted octanol–water partition coefficient (Wildman–Crippen LogP) is 3.14. The minimum atomic E-state index is -0.130. The van der Waals surface area contributed by atoms with Crippen molar-refractivity contribution in [3.63, 3.8) is 0 Å². The quantitative estimate of drug-likeness (QED) is 0.459. The maximum absolute atomic E-state index is 9.63. The highest BCUT2D eigenvalue weighted by Gasteiger charge is 2.11. The van der Waals surface area contributed by atoms with Gasteiger partial charge in [-0.3, -0.25) is 0 Å².